The molecule has 5 nitrogen and oxygen atoms in total. The van der Waals surface area contributed by atoms with Crippen molar-refractivity contribution in [1.29, 1.82) is 0 Å². The zero-order valence-corrected chi connectivity index (χ0v) is 9.48. The highest BCUT2D eigenvalue weighted by Gasteiger charge is 2.06. The summed E-state index contributed by atoms with van der Waals surface area (Å²) >= 11 is 0. The predicted octanol–water partition coefficient (Wildman–Crippen LogP) is 1.08. The standard InChI is InChI=1S/C13H11N3O2/c17-13(12-7-4-8-16(18)10-12)15-14-9-11-5-2-1-3-6-11/h1-10H,(H,15,17)/b14-9+. The lowest BCUT2D eigenvalue weighted by atomic mass is 10.2. The van der Waals surface area contributed by atoms with Crippen molar-refractivity contribution in [1.82, 2.24) is 5.43 Å². The van der Waals surface area contributed by atoms with Crippen LogP contribution in [0.2, 0.25) is 0 Å². The Morgan fingerprint density at radius 3 is 2.72 bits per heavy atom. The molecular formula is C13H11N3O2. The third kappa shape index (κ3) is 3.15. The fourth-order valence-corrected chi connectivity index (χ4v) is 1.36. The third-order valence-corrected chi connectivity index (χ3v) is 2.22. The number of nitrogens with one attached hydrogen (secondary N) is 1. The number of nitrogens with zero attached hydrogens (tertiary/aromatic N) is 2. The Balaban J connectivity index is 1.99. The molecule has 0 aliphatic heterocycles. The van der Waals surface area contributed by atoms with Crippen molar-refractivity contribution in [3.8, 4) is 0 Å². The van der Waals surface area contributed by atoms with Gasteiger partial charge in [-0.05, 0) is 11.6 Å². The lowest BCUT2D eigenvalue weighted by Crippen LogP contribution is -2.28. The monoisotopic (exact) mass is 241 g/mol. The van der Waals surface area contributed by atoms with Crippen molar-refractivity contribution in [3.63, 3.8) is 0 Å². The minimum Gasteiger partial charge on any atom is -0.619 e. The van der Waals surface area contributed by atoms with Crippen molar-refractivity contribution >= 4 is 12.1 Å². The van der Waals surface area contributed by atoms with Crippen LogP contribution in [0.3, 0.4) is 0 Å². The fourth-order valence-electron chi connectivity index (χ4n) is 1.36. The number of hydrogen-bond acceptors (Lipinski definition) is 3. The molecule has 0 saturated carbocycles. The molecule has 0 spiro atoms. The van der Waals surface area contributed by atoms with Gasteiger partial charge in [0.15, 0.2) is 12.4 Å². The number of benzene rings is 1. The van der Waals surface area contributed by atoms with Crippen LogP contribution >= 0.6 is 0 Å². The maximum absolute atomic E-state index is 11.6. The lowest BCUT2D eigenvalue weighted by molar-refractivity contribution is -0.605. The summed E-state index contributed by atoms with van der Waals surface area (Å²) in [6, 6.07) is 12.4. The molecular weight excluding hydrogens is 230 g/mol. The summed E-state index contributed by atoms with van der Waals surface area (Å²) < 4.78 is 0.565. The number of rotatable bonds is 3. The van der Waals surface area contributed by atoms with Crippen molar-refractivity contribution < 1.29 is 9.52 Å². The molecule has 5 heteroatoms. The van der Waals surface area contributed by atoms with Crippen molar-refractivity contribution in [2.24, 2.45) is 5.10 Å². The number of hydrogen-bond donors (Lipinski definition) is 1. The molecule has 18 heavy (non-hydrogen) atoms. The molecule has 2 rings (SSSR count). The van der Waals surface area contributed by atoms with E-state index in [9.17, 15) is 10.0 Å². The molecule has 0 fully saturated rings. The molecule has 1 aromatic heterocycles. The molecule has 0 saturated heterocycles. The van der Waals surface area contributed by atoms with E-state index in [0.29, 0.717) is 4.73 Å². The van der Waals surface area contributed by atoms with Crippen LogP contribution in [0.1, 0.15) is 15.9 Å². The minimum atomic E-state index is -0.424. The Morgan fingerprint density at radius 1 is 1.22 bits per heavy atom. The van der Waals surface area contributed by atoms with Gasteiger partial charge in [-0.1, -0.05) is 30.3 Å². The number of amides is 1. The topological polar surface area (TPSA) is 68.4 Å². The Hall–Kier alpha value is -2.69. The first-order chi connectivity index (χ1) is 8.75. The first-order valence-corrected chi connectivity index (χ1v) is 5.33. The summed E-state index contributed by atoms with van der Waals surface area (Å²) in [5, 5.41) is 14.8. The zero-order chi connectivity index (χ0) is 12.8. The molecule has 0 radical (unpaired) electrons. The largest absolute Gasteiger partial charge is 0.619 e. The normalized spacial score (nSPS) is 10.4. The van der Waals surface area contributed by atoms with E-state index in [1.807, 2.05) is 30.3 Å². The molecule has 0 unspecified atom stereocenters. The maximum atomic E-state index is 11.6. The second-order valence-electron chi connectivity index (χ2n) is 3.56. The van der Waals surface area contributed by atoms with E-state index in [2.05, 4.69) is 10.5 Å². The molecule has 0 aliphatic rings. The Labute approximate surface area is 104 Å². The van der Waals surface area contributed by atoms with Gasteiger partial charge in [-0.2, -0.15) is 9.83 Å². The molecule has 2 aromatic rings. The van der Waals surface area contributed by atoms with E-state index in [0.717, 1.165) is 5.56 Å². The van der Waals surface area contributed by atoms with Crippen molar-refractivity contribution in [2.75, 3.05) is 0 Å². The van der Waals surface area contributed by atoms with Crippen molar-refractivity contribution in [2.45, 2.75) is 0 Å². The number of pyridine rings is 1. The smallest absolute Gasteiger partial charge is 0.277 e. The Morgan fingerprint density at radius 2 is 2.00 bits per heavy atom. The number of carbonyl (C=O) groups is 1. The summed E-state index contributed by atoms with van der Waals surface area (Å²) in [5.74, 6) is -0.424. The Bertz CT molecular complexity index is 567. The van der Waals surface area contributed by atoms with E-state index >= 15 is 0 Å². The summed E-state index contributed by atoms with van der Waals surface area (Å²) in [7, 11) is 0. The van der Waals surface area contributed by atoms with E-state index < -0.39 is 5.91 Å². The van der Waals surface area contributed by atoms with Crippen LogP contribution in [-0.4, -0.2) is 12.1 Å². The van der Waals surface area contributed by atoms with Gasteiger partial charge in [0.1, 0.15) is 5.56 Å². The van der Waals surface area contributed by atoms with Gasteiger partial charge in [-0.3, -0.25) is 4.79 Å². The quantitative estimate of drug-likeness (QED) is 0.378. The highest BCUT2D eigenvalue weighted by Crippen LogP contribution is 1.95. The SMILES string of the molecule is O=C(N/N=C/c1ccccc1)c1ccc[n+]([O-])c1. The van der Waals surface area contributed by atoms with Gasteiger partial charge in [0.2, 0.25) is 0 Å². The first-order valence-electron chi connectivity index (χ1n) is 5.33. The third-order valence-electron chi connectivity index (χ3n) is 2.22. The van der Waals surface area contributed by atoms with Crippen LogP contribution in [0.25, 0.3) is 0 Å². The van der Waals surface area contributed by atoms with Crippen LogP contribution in [-0.2, 0) is 0 Å². The predicted molar refractivity (Wildman–Crippen MR) is 66.9 cm³/mol. The Kier molecular flexibility index (Phi) is 3.66. The van der Waals surface area contributed by atoms with E-state index in [1.54, 1.807) is 6.07 Å². The van der Waals surface area contributed by atoms with Gasteiger partial charge in [-0.25, -0.2) is 5.43 Å². The highest BCUT2D eigenvalue weighted by atomic mass is 16.5. The van der Waals surface area contributed by atoms with Gasteiger partial charge in [-0.15, -0.1) is 0 Å². The molecule has 1 amide bonds. The van der Waals surface area contributed by atoms with Gasteiger partial charge in [0, 0.05) is 6.07 Å². The maximum Gasteiger partial charge on any atom is 0.277 e. The average molecular weight is 241 g/mol. The van der Waals surface area contributed by atoms with E-state index in [-0.39, 0.29) is 5.56 Å². The zero-order valence-electron chi connectivity index (χ0n) is 9.48. The number of hydrazone groups is 1. The molecule has 0 bridgehead atoms. The average Bonchev–Trinajstić information content (AvgIpc) is 2.40. The van der Waals surface area contributed by atoms with Crippen LogP contribution in [0.4, 0.5) is 0 Å². The second-order valence-corrected chi connectivity index (χ2v) is 3.56. The number of aromatic nitrogens is 1. The number of carbonyl (C=O) groups excluding carboxylic acids is 1. The molecule has 0 atom stereocenters. The van der Waals surface area contributed by atoms with Crippen molar-refractivity contribution in [3.05, 3.63) is 71.2 Å². The second kappa shape index (κ2) is 5.58. The molecule has 1 N–H and O–H groups in total. The molecule has 90 valence electrons. The summed E-state index contributed by atoms with van der Waals surface area (Å²) in [4.78, 5) is 11.6. The van der Waals surface area contributed by atoms with Crippen LogP contribution in [0.15, 0.2) is 60.0 Å². The van der Waals surface area contributed by atoms with E-state index in [4.69, 9.17) is 0 Å². The van der Waals surface area contributed by atoms with Gasteiger partial charge < -0.3 is 5.21 Å². The lowest BCUT2D eigenvalue weighted by Gasteiger charge is -1.99. The first kappa shape index (κ1) is 11.8. The van der Waals surface area contributed by atoms with Gasteiger partial charge in [0.25, 0.3) is 5.91 Å². The van der Waals surface area contributed by atoms with Crippen LogP contribution in [0, 0.1) is 5.21 Å². The fraction of sp³-hybridized carbons (Fsp3) is 0. The molecule has 1 heterocycles. The van der Waals surface area contributed by atoms with E-state index in [1.165, 1.54) is 24.7 Å². The molecule has 1 aromatic carbocycles. The van der Waals surface area contributed by atoms with Gasteiger partial charge in [0.05, 0.1) is 6.21 Å². The van der Waals surface area contributed by atoms with Gasteiger partial charge >= 0.3 is 0 Å². The summed E-state index contributed by atoms with van der Waals surface area (Å²) in [6.07, 6.45) is 4.03. The molecule has 0 aliphatic carbocycles. The summed E-state index contributed by atoms with van der Waals surface area (Å²) in [5.41, 5.74) is 3.49. The highest BCUT2D eigenvalue weighted by molar-refractivity contribution is 5.94. The van der Waals surface area contributed by atoms with Crippen LogP contribution in [0.5, 0.6) is 0 Å². The van der Waals surface area contributed by atoms with Crippen LogP contribution < -0.4 is 10.2 Å². The minimum absolute atomic E-state index is 0.262. The summed E-state index contributed by atoms with van der Waals surface area (Å²) in [6.45, 7) is 0.